The Hall–Kier alpha value is -1.29. The van der Waals surface area contributed by atoms with Gasteiger partial charge in [-0.25, -0.2) is 9.18 Å². The van der Waals surface area contributed by atoms with Crippen LogP contribution in [0.25, 0.3) is 0 Å². The van der Waals surface area contributed by atoms with E-state index in [1.807, 2.05) is 6.92 Å². The molecule has 0 saturated carbocycles. The first-order valence-corrected chi connectivity index (χ1v) is 6.74. The highest BCUT2D eigenvalue weighted by Crippen LogP contribution is 2.21. The van der Waals surface area contributed by atoms with E-state index in [9.17, 15) is 9.18 Å². The summed E-state index contributed by atoms with van der Waals surface area (Å²) in [4.78, 5) is 10.7. The summed E-state index contributed by atoms with van der Waals surface area (Å²) in [5, 5.41) is 8.74. The van der Waals surface area contributed by atoms with Crippen LogP contribution in [0, 0.1) is 5.82 Å². The summed E-state index contributed by atoms with van der Waals surface area (Å²) in [6.45, 7) is 4.05. The number of benzene rings is 1. The molecule has 0 aliphatic rings. The maximum absolute atomic E-state index is 13.6. The maximum Gasteiger partial charge on any atom is 0.335 e. The van der Waals surface area contributed by atoms with Gasteiger partial charge < -0.3 is 9.84 Å². The molecule has 0 aliphatic carbocycles. The van der Waals surface area contributed by atoms with Crippen molar-refractivity contribution in [3.8, 4) is 5.75 Å². The van der Waals surface area contributed by atoms with Gasteiger partial charge in [0.15, 0.2) is 11.6 Å². The second-order valence-corrected chi connectivity index (χ2v) is 4.73. The molecule has 3 nitrogen and oxygen atoms in total. The number of hydrogen-bond acceptors (Lipinski definition) is 2. The normalized spacial score (nSPS) is 11.6. The summed E-state index contributed by atoms with van der Waals surface area (Å²) in [5.41, 5.74) is -0.0690. The summed E-state index contributed by atoms with van der Waals surface area (Å²) in [7, 11) is 0. The lowest BCUT2D eigenvalue weighted by Crippen LogP contribution is -2.12. The molecule has 1 aromatic rings. The van der Waals surface area contributed by atoms with E-state index in [0.29, 0.717) is 0 Å². The van der Waals surface area contributed by atoms with Crippen LogP contribution >= 0.6 is 12.4 Å². The first-order valence-electron chi connectivity index (χ1n) is 6.74. The molecule has 1 aromatic carbocycles. The second-order valence-electron chi connectivity index (χ2n) is 4.73. The molecule has 0 aromatic heterocycles. The van der Waals surface area contributed by atoms with Gasteiger partial charge in [0.25, 0.3) is 0 Å². The van der Waals surface area contributed by atoms with Gasteiger partial charge in [0, 0.05) is 0 Å². The fourth-order valence-corrected chi connectivity index (χ4v) is 1.86. The number of carboxylic acid groups (broad SMARTS) is 1. The monoisotopic (exact) mass is 304 g/mol. The minimum absolute atomic E-state index is 0. The average Bonchev–Trinajstić information content (AvgIpc) is 2.37. The molecule has 5 heteroatoms. The first-order chi connectivity index (χ1) is 9.04. The Morgan fingerprint density at radius 3 is 2.60 bits per heavy atom. The van der Waals surface area contributed by atoms with Crippen molar-refractivity contribution in [3.05, 3.63) is 29.6 Å². The predicted octanol–water partition coefficient (Wildman–Crippen LogP) is 4.68. The van der Waals surface area contributed by atoms with Crippen LogP contribution < -0.4 is 4.74 Å². The number of hydrogen-bond donors (Lipinski definition) is 1. The SMILES string of the molecule is CCCCCCC(C)Oc1ccc(C(=O)O)cc1F.Cl. The molecule has 0 fully saturated rings. The Bertz CT molecular complexity index is 424. The summed E-state index contributed by atoms with van der Waals surface area (Å²) in [5.74, 6) is -1.65. The molecule has 0 bridgehead atoms. The third kappa shape index (κ3) is 6.24. The third-order valence-electron chi connectivity index (χ3n) is 2.97. The van der Waals surface area contributed by atoms with E-state index < -0.39 is 11.8 Å². The number of ether oxygens (including phenoxy) is 1. The van der Waals surface area contributed by atoms with Crippen molar-refractivity contribution >= 4 is 18.4 Å². The van der Waals surface area contributed by atoms with Crippen LogP contribution in [0.1, 0.15) is 56.3 Å². The predicted molar refractivity (Wildman–Crippen MR) is 79.5 cm³/mol. The van der Waals surface area contributed by atoms with Crippen molar-refractivity contribution in [1.82, 2.24) is 0 Å². The minimum atomic E-state index is -1.14. The highest BCUT2D eigenvalue weighted by atomic mass is 35.5. The fourth-order valence-electron chi connectivity index (χ4n) is 1.86. The van der Waals surface area contributed by atoms with Crippen molar-refractivity contribution in [2.24, 2.45) is 0 Å². The lowest BCUT2D eigenvalue weighted by atomic mass is 10.1. The molecule has 20 heavy (non-hydrogen) atoms. The Morgan fingerprint density at radius 2 is 2.05 bits per heavy atom. The zero-order valence-electron chi connectivity index (χ0n) is 11.9. The van der Waals surface area contributed by atoms with Crippen molar-refractivity contribution in [3.63, 3.8) is 0 Å². The molecule has 1 unspecified atom stereocenters. The minimum Gasteiger partial charge on any atom is -0.488 e. The number of carbonyl (C=O) groups is 1. The Labute approximate surface area is 125 Å². The van der Waals surface area contributed by atoms with Crippen LogP contribution in [0.5, 0.6) is 5.75 Å². The lowest BCUT2D eigenvalue weighted by molar-refractivity contribution is 0.0696. The summed E-state index contributed by atoms with van der Waals surface area (Å²) >= 11 is 0. The summed E-state index contributed by atoms with van der Waals surface area (Å²) in [6, 6.07) is 3.72. The molecule has 1 rings (SSSR count). The lowest BCUT2D eigenvalue weighted by Gasteiger charge is -2.15. The number of carboxylic acids is 1. The van der Waals surface area contributed by atoms with Gasteiger partial charge in [-0.1, -0.05) is 26.2 Å². The zero-order chi connectivity index (χ0) is 14.3. The standard InChI is InChI=1S/C15H21FO3.ClH/c1-3-4-5-6-7-11(2)19-14-9-8-12(15(17)18)10-13(14)16;/h8-11H,3-7H2,1-2H3,(H,17,18);1H. The molecule has 1 atom stereocenters. The van der Waals surface area contributed by atoms with E-state index in [0.717, 1.165) is 25.3 Å². The topological polar surface area (TPSA) is 46.5 Å². The fraction of sp³-hybridized carbons (Fsp3) is 0.533. The third-order valence-corrected chi connectivity index (χ3v) is 2.97. The quantitative estimate of drug-likeness (QED) is 0.709. The van der Waals surface area contributed by atoms with Crippen molar-refractivity contribution < 1.29 is 19.0 Å². The molecule has 0 spiro atoms. The van der Waals surface area contributed by atoms with Crippen LogP contribution in [0.4, 0.5) is 4.39 Å². The van der Waals surface area contributed by atoms with E-state index in [1.165, 1.54) is 25.0 Å². The van der Waals surface area contributed by atoms with Crippen molar-refractivity contribution in [2.45, 2.75) is 52.1 Å². The Morgan fingerprint density at radius 1 is 1.35 bits per heavy atom. The molecule has 114 valence electrons. The molecule has 0 radical (unpaired) electrons. The van der Waals surface area contributed by atoms with Crippen molar-refractivity contribution in [2.75, 3.05) is 0 Å². The highest BCUT2D eigenvalue weighted by Gasteiger charge is 2.11. The molecular formula is C15H22ClFO3. The summed E-state index contributed by atoms with van der Waals surface area (Å²) in [6.07, 6.45) is 5.41. The van der Waals surface area contributed by atoms with Gasteiger partial charge >= 0.3 is 5.97 Å². The second kappa shape index (κ2) is 9.59. The van der Waals surface area contributed by atoms with Gasteiger partial charge in [-0.2, -0.15) is 0 Å². The number of unbranched alkanes of at least 4 members (excludes halogenated alkanes) is 3. The number of halogens is 2. The van der Waals surface area contributed by atoms with Crippen molar-refractivity contribution in [1.29, 1.82) is 0 Å². The zero-order valence-corrected chi connectivity index (χ0v) is 12.7. The number of rotatable bonds is 8. The summed E-state index contributed by atoms with van der Waals surface area (Å²) < 4.78 is 19.1. The highest BCUT2D eigenvalue weighted by molar-refractivity contribution is 5.87. The van der Waals surface area contributed by atoms with E-state index in [4.69, 9.17) is 9.84 Å². The largest absolute Gasteiger partial charge is 0.488 e. The average molecular weight is 305 g/mol. The Kier molecular flexibility index (Phi) is 8.97. The number of aromatic carboxylic acids is 1. The van der Waals surface area contributed by atoms with E-state index in [1.54, 1.807) is 0 Å². The molecule has 0 heterocycles. The van der Waals surface area contributed by atoms with Gasteiger partial charge in [0.1, 0.15) is 0 Å². The molecule has 1 N–H and O–H groups in total. The van der Waals surface area contributed by atoms with Gasteiger partial charge in [0.05, 0.1) is 11.7 Å². The molecule has 0 aliphatic heterocycles. The molecule has 0 saturated heterocycles. The first kappa shape index (κ1) is 18.7. The smallest absolute Gasteiger partial charge is 0.335 e. The van der Waals surface area contributed by atoms with Crippen LogP contribution in [0.15, 0.2) is 18.2 Å². The maximum atomic E-state index is 13.6. The van der Waals surface area contributed by atoms with Crippen LogP contribution in [0.3, 0.4) is 0 Å². The van der Waals surface area contributed by atoms with Crippen LogP contribution in [-0.2, 0) is 0 Å². The van der Waals surface area contributed by atoms with E-state index in [-0.39, 0.29) is 29.8 Å². The van der Waals surface area contributed by atoms with E-state index >= 15 is 0 Å². The van der Waals surface area contributed by atoms with Gasteiger partial charge in [-0.3, -0.25) is 0 Å². The Balaban J connectivity index is 0.00000361. The van der Waals surface area contributed by atoms with Gasteiger partial charge in [-0.15, -0.1) is 12.4 Å². The molecule has 0 amide bonds. The van der Waals surface area contributed by atoms with Gasteiger partial charge in [0.2, 0.25) is 0 Å². The van der Waals surface area contributed by atoms with Crippen LogP contribution in [-0.4, -0.2) is 17.2 Å². The molecular weight excluding hydrogens is 283 g/mol. The van der Waals surface area contributed by atoms with E-state index in [2.05, 4.69) is 6.92 Å². The van der Waals surface area contributed by atoms with Gasteiger partial charge in [-0.05, 0) is 38.0 Å². The van der Waals surface area contributed by atoms with Crippen LogP contribution in [0.2, 0.25) is 0 Å².